The fraction of sp³-hybridized carbons (Fsp3) is 0.800. The Kier molecular flexibility index (Phi) is 4.38. The van der Waals surface area contributed by atoms with Crippen LogP contribution < -0.4 is 0 Å². The first kappa shape index (κ1) is 14.0. The van der Waals surface area contributed by atoms with Crippen molar-refractivity contribution in [3.63, 3.8) is 0 Å². The molecule has 0 amide bonds. The van der Waals surface area contributed by atoms with E-state index in [0.717, 1.165) is 51.5 Å². The van der Waals surface area contributed by atoms with Gasteiger partial charge in [-0.05, 0) is 44.2 Å². The second-order valence-electron chi connectivity index (χ2n) is 6.21. The van der Waals surface area contributed by atoms with Crippen LogP contribution >= 0.6 is 0 Å². The molecule has 2 unspecified atom stereocenters. The molecular formula is C15H25N3O2. The standard InChI is InChI=1S/C15H25N3O2/c1-17-8-5-16-15(17)14(19)13-2-6-18(7-3-13)10-12-4-9-20-11-12/h5,8,12-14,19H,2-4,6-7,9-11H2,1H3. The van der Waals surface area contributed by atoms with E-state index < -0.39 is 6.10 Å². The lowest BCUT2D eigenvalue weighted by molar-refractivity contribution is 0.0462. The molecule has 3 heterocycles. The second-order valence-corrected chi connectivity index (χ2v) is 6.21. The van der Waals surface area contributed by atoms with Crippen LogP contribution in [-0.4, -0.2) is 52.4 Å². The highest BCUT2D eigenvalue weighted by atomic mass is 16.5. The predicted octanol–water partition coefficient (Wildman–Crippen LogP) is 1.20. The fourth-order valence-corrected chi connectivity index (χ4v) is 3.42. The average molecular weight is 279 g/mol. The number of rotatable bonds is 4. The number of likely N-dealkylation sites (tertiary alicyclic amines) is 1. The summed E-state index contributed by atoms with van der Waals surface area (Å²) >= 11 is 0. The zero-order chi connectivity index (χ0) is 13.9. The van der Waals surface area contributed by atoms with Crippen molar-refractivity contribution in [1.82, 2.24) is 14.5 Å². The van der Waals surface area contributed by atoms with Crippen LogP contribution in [-0.2, 0) is 11.8 Å². The Hall–Kier alpha value is -0.910. The van der Waals surface area contributed by atoms with E-state index in [2.05, 4.69) is 9.88 Å². The van der Waals surface area contributed by atoms with E-state index in [0.29, 0.717) is 11.8 Å². The van der Waals surface area contributed by atoms with E-state index in [4.69, 9.17) is 4.74 Å². The van der Waals surface area contributed by atoms with Gasteiger partial charge in [-0.25, -0.2) is 4.98 Å². The number of imidazole rings is 1. The number of aliphatic hydroxyl groups excluding tert-OH is 1. The number of aromatic nitrogens is 2. The van der Waals surface area contributed by atoms with Crippen molar-refractivity contribution < 1.29 is 9.84 Å². The van der Waals surface area contributed by atoms with Crippen molar-refractivity contribution in [1.29, 1.82) is 0 Å². The SMILES string of the molecule is Cn1ccnc1C(O)C1CCN(CC2CCOC2)CC1. The lowest BCUT2D eigenvalue weighted by Crippen LogP contribution is -2.39. The molecule has 2 aliphatic heterocycles. The number of nitrogens with zero attached hydrogens (tertiary/aromatic N) is 3. The van der Waals surface area contributed by atoms with Gasteiger partial charge in [0, 0.05) is 32.6 Å². The Bertz CT molecular complexity index is 421. The maximum absolute atomic E-state index is 10.5. The van der Waals surface area contributed by atoms with Crippen LogP contribution in [0.5, 0.6) is 0 Å². The summed E-state index contributed by atoms with van der Waals surface area (Å²) < 4.78 is 7.37. The van der Waals surface area contributed by atoms with E-state index in [1.807, 2.05) is 17.8 Å². The van der Waals surface area contributed by atoms with Crippen LogP contribution in [0.1, 0.15) is 31.2 Å². The molecule has 1 N–H and O–H groups in total. The van der Waals surface area contributed by atoms with Gasteiger partial charge in [0.1, 0.15) is 11.9 Å². The summed E-state index contributed by atoms with van der Waals surface area (Å²) in [5, 5.41) is 10.5. The molecule has 20 heavy (non-hydrogen) atoms. The van der Waals surface area contributed by atoms with Gasteiger partial charge < -0.3 is 19.3 Å². The second kappa shape index (κ2) is 6.24. The van der Waals surface area contributed by atoms with Gasteiger partial charge in [-0.15, -0.1) is 0 Å². The Morgan fingerprint density at radius 2 is 2.20 bits per heavy atom. The van der Waals surface area contributed by atoms with Gasteiger partial charge in [0.2, 0.25) is 0 Å². The maximum atomic E-state index is 10.5. The molecule has 0 aliphatic carbocycles. The minimum Gasteiger partial charge on any atom is -0.385 e. The smallest absolute Gasteiger partial charge is 0.137 e. The highest BCUT2D eigenvalue weighted by Gasteiger charge is 2.29. The van der Waals surface area contributed by atoms with Gasteiger partial charge in [-0.1, -0.05) is 0 Å². The number of aryl methyl sites for hydroxylation is 1. The van der Waals surface area contributed by atoms with Crippen molar-refractivity contribution in [2.24, 2.45) is 18.9 Å². The van der Waals surface area contributed by atoms with Crippen molar-refractivity contribution >= 4 is 0 Å². The summed E-state index contributed by atoms with van der Waals surface area (Å²) in [5.74, 6) is 1.85. The third kappa shape index (κ3) is 3.05. The van der Waals surface area contributed by atoms with E-state index in [1.165, 1.54) is 6.42 Å². The van der Waals surface area contributed by atoms with Gasteiger partial charge in [0.15, 0.2) is 0 Å². The number of piperidine rings is 1. The molecule has 2 saturated heterocycles. The maximum Gasteiger partial charge on any atom is 0.137 e. The van der Waals surface area contributed by atoms with Crippen LogP contribution in [0.3, 0.4) is 0 Å². The highest BCUT2D eigenvalue weighted by Crippen LogP contribution is 2.30. The Morgan fingerprint density at radius 3 is 2.80 bits per heavy atom. The molecule has 2 fully saturated rings. The van der Waals surface area contributed by atoms with E-state index in [9.17, 15) is 5.11 Å². The van der Waals surface area contributed by atoms with Gasteiger partial charge >= 0.3 is 0 Å². The third-order valence-electron chi connectivity index (χ3n) is 4.74. The van der Waals surface area contributed by atoms with Crippen molar-refractivity contribution in [3.8, 4) is 0 Å². The first-order chi connectivity index (χ1) is 9.74. The van der Waals surface area contributed by atoms with Crippen molar-refractivity contribution in [2.75, 3.05) is 32.8 Å². The average Bonchev–Trinajstić information content (AvgIpc) is 3.10. The zero-order valence-electron chi connectivity index (χ0n) is 12.2. The summed E-state index contributed by atoms with van der Waals surface area (Å²) in [4.78, 5) is 6.80. The molecular weight excluding hydrogens is 254 g/mol. The first-order valence-corrected chi connectivity index (χ1v) is 7.69. The normalized spacial score (nSPS) is 27.0. The minimum absolute atomic E-state index is 0.340. The Morgan fingerprint density at radius 1 is 1.40 bits per heavy atom. The quantitative estimate of drug-likeness (QED) is 0.900. The molecule has 0 saturated carbocycles. The summed E-state index contributed by atoms with van der Waals surface area (Å²) in [6.45, 7) is 5.19. The lowest BCUT2D eigenvalue weighted by Gasteiger charge is -2.35. The number of hydrogen-bond donors (Lipinski definition) is 1. The van der Waals surface area contributed by atoms with E-state index >= 15 is 0 Å². The van der Waals surface area contributed by atoms with Crippen LogP contribution in [0.25, 0.3) is 0 Å². The predicted molar refractivity (Wildman–Crippen MR) is 76.3 cm³/mol. The molecule has 0 aromatic carbocycles. The minimum atomic E-state index is -0.424. The molecule has 112 valence electrons. The van der Waals surface area contributed by atoms with Gasteiger partial charge in [-0.2, -0.15) is 0 Å². The topological polar surface area (TPSA) is 50.5 Å². The van der Waals surface area contributed by atoms with Crippen LogP contribution in [0.4, 0.5) is 0 Å². The molecule has 2 atom stereocenters. The molecule has 5 nitrogen and oxygen atoms in total. The van der Waals surface area contributed by atoms with Gasteiger partial charge in [-0.3, -0.25) is 0 Å². The summed E-state index contributed by atoms with van der Waals surface area (Å²) in [6.07, 6.45) is 6.55. The molecule has 2 aliphatic rings. The molecule has 1 aromatic heterocycles. The number of aliphatic hydroxyl groups is 1. The van der Waals surface area contributed by atoms with Crippen molar-refractivity contribution in [2.45, 2.75) is 25.4 Å². The first-order valence-electron chi connectivity index (χ1n) is 7.69. The molecule has 3 rings (SSSR count). The monoisotopic (exact) mass is 279 g/mol. The van der Waals surface area contributed by atoms with Gasteiger partial charge in [0.25, 0.3) is 0 Å². The Labute approximate surface area is 120 Å². The molecule has 0 radical (unpaired) electrons. The number of hydrogen-bond acceptors (Lipinski definition) is 4. The molecule has 0 spiro atoms. The van der Waals surface area contributed by atoms with E-state index in [1.54, 1.807) is 6.20 Å². The fourth-order valence-electron chi connectivity index (χ4n) is 3.42. The molecule has 1 aromatic rings. The number of ether oxygens (including phenoxy) is 1. The van der Waals surface area contributed by atoms with Gasteiger partial charge in [0.05, 0.1) is 6.61 Å². The Balaban J connectivity index is 1.49. The lowest BCUT2D eigenvalue weighted by atomic mass is 9.90. The summed E-state index contributed by atoms with van der Waals surface area (Å²) in [5.41, 5.74) is 0. The van der Waals surface area contributed by atoms with Crippen molar-refractivity contribution in [3.05, 3.63) is 18.2 Å². The zero-order valence-corrected chi connectivity index (χ0v) is 12.2. The van der Waals surface area contributed by atoms with Crippen LogP contribution in [0, 0.1) is 11.8 Å². The molecule has 0 bridgehead atoms. The van der Waals surface area contributed by atoms with Crippen LogP contribution in [0.2, 0.25) is 0 Å². The highest BCUT2D eigenvalue weighted by molar-refractivity contribution is 4.98. The largest absolute Gasteiger partial charge is 0.385 e. The summed E-state index contributed by atoms with van der Waals surface area (Å²) in [7, 11) is 1.95. The summed E-state index contributed by atoms with van der Waals surface area (Å²) in [6, 6.07) is 0. The van der Waals surface area contributed by atoms with Crippen LogP contribution in [0.15, 0.2) is 12.4 Å². The molecule has 5 heteroatoms. The van der Waals surface area contributed by atoms with E-state index in [-0.39, 0.29) is 0 Å². The third-order valence-corrected chi connectivity index (χ3v) is 4.74.